The lowest BCUT2D eigenvalue weighted by molar-refractivity contribution is -0.143. The summed E-state index contributed by atoms with van der Waals surface area (Å²) >= 11 is 0. The fraction of sp³-hybridized carbons (Fsp3) is 0.316. The Morgan fingerprint density at radius 3 is 1.07 bits per heavy atom. The molecule has 2 atom stereocenters. The van der Waals surface area contributed by atoms with Gasteiger partial charge in [0.05, 0.1) is 23.0 Å². The van der Waals surface area contributed by atoms with E-state index in [0.717, 1.165) is 24.3 Å². The van der Waals surface area contributed by atoms with Crippen LogP contribution in [0.2, 0.25) is 0 Å². The lowest BCUT2D eigenvalue weighted by Crippen LogP contribution is -2.35. The number of rotatable bonds is 6. The van der Waals surface area contributed by atoms with Gasteiger partial charge < -0.3 is 20.4 Å². The zero-order valence-electron chi connectivity index (χ0n) is 14.9. The standard InChI is InChI=1S/C19H16F6O5/c20-18(21,22)11-5-1-9(2-6-11)13(16(27)28)15(26)14(17(29)30)10-3-7-12(8-4-10)19(23,24)25/h1-8,13-14,16-17,27-30H. The van der Waals surface area contributed by atoms with Crippen molar-refractivity contribution < 1.29 is 51.6 Å². The number of Topliss-reactive ketones (excluding diaryl/α,β-unsaturated/α-hetero) is 1. The maximum atomic E-state index is 12.8. The van der Waals surface area contributed by atoms with Crippen molar-refractivity contribution in [2.75, 3.05) is 0 Å². The summed E-state index contributed by atoms with van der Waals surface area (Å²) in [6.07, 6.45) is -14.2. The third-order valence-corrected chi connectivity index (χ3v) is 4.40. The van der Waals surface area contributed by atoms with E-state index >= 15 is 0 Å². The average molecular weight is 438 g/mol. The number of hydrogen-bond acceptors (Lipinski definition) is 5. The molecule has 5 nitrogen and oxygen atoms in total. The highest BCUT2D eigenvalue weighted by molar-refractivity contribution is 5.92. The number of ketones is 1. The maximum Gasteiger partial charge on any atom is 0.416 e. The van der Waals surface area contributed by atoms with E-state index in [0.29, 0.717) is 24.3 Å². The third-order valence-electron chi connectivity index (χ3n) is 4.40. The van der Waals surface area contributed by atoms with Gasteiger partial charge in [0.1, 0.15) is 0 Å². The van der Waals surface area contributed by atoms with Crippen LogP contribution in [0.5, 0.6) is 0 Å². The molecule has 2 aromatic rings. The monoisotopic (exact) mass is 438 g/mol. The molecule has 0 spiro atoms. The minimum absolute atomic E-state index is 0.263. The summed E-state index contributed by atoms with van der Waals surface area (Å²) < 4.78 is 76.2. The van der Waals surface area contributed by atoms with Gasteiger partial charge in [0, 0.05) is 0 Å². The fourth-order valence-corrected chi connectivity index (χ4v) is 2.92. The molecule has 0 radical (unpaired) electrons. The molecule has 0 aliphatic rings. The highest BCUT2D eigenvalue weighted by Crippen LogP contribution is 2.35. The zero-order chi connectivity index (χ0) is 22.9. The topological polar surface area (TPSA) is 98.0 Å². The molecule has 2 aromatic carbocycles. The predicted molar refractivity (Wildman–Crippen MR) is 89.8 cm³/mol. The quantitative estimate of drug-likeness (QED) is 0.411. The number of alkyl halides is 6. The van der Waals surface area contributed by atoms with E-state index in [4.69, 9.17) is 0 Å². The Bertz CT molecular complexity index is 785. The predicted octanol–water partition coefficient (Wildman–Crippen LogP) is 2.78. The fourth-order valence-electron chi connectivity index (χ4n) is 2.92. The second-order valence-electron chi connectivity index (χ2n) is 6.42. The van der Waals surface area contributed by atoms with Gasteiger partial charge in [-0.25, -0.2) is 0 Å². The summed E-state index contributed by atoms with van der Waals surface area (Å²) in [5.74, 6) is -5.00. The average Bonchev–Trinajstić information content (AvgIpc) is 2.61. The van der Waals surface area contributed by atoms with Crippen molar-refractivity contribution >= 4 is 5.78 Å². The Morgan fingerprint density at radius 1 is 0.600 bits per heavy atom. The first-order valence-electron chi connectivity index (χ1n) is 8.33. The Morgan fingerprint density at radius 2 is 0.867 bits per heavy atom. The van der Waals surface area contributed by atoms with Crippen LogP contribution in [0.3, 0.4) is 0 Å². The van der Waals surface area contributed by atoms with Crippen LogP contribution < -0.4 is 0 Å². The highest BCUT2D eigenvalue weighted by atomic mass is 19.4. The molecular formula is C19H16F6O5. The molecule has 0 aliphatic carbocycles. The molecule has 0 amide bonds. The first-order chi connectivity index (χ1) is 13.7. The highest BCUT2D eigenvalue weighted by Gasteiger charge is 2.38. The summed E-state index contributed by atoms with van der Waals surface area (Å²) in [7, 11) is 0. The second-order valence-corrected chi connectivity index (χ2v) is 6.42. The lowest BCUT2D eigenvalue weighted by atomic mass is 9.82. The van der Waals surface area contributed by atoms with Gasteiger partial charge in [-0.3, -0.25) is 4.79 Å². The summed E-state index contributed by atoms with van der Waals surface area (Å²) in [6, 6.07) is 5.66. The molecule has 11 heteroatoms. The van der Waals surface area contributed by atoms with Gasteiger partial charge in [-0.15, -0.1) is 0 Å². The maximum absolute atomic E-state index is 12.8. The molecular weight excluding hydrogens is 422 g/mol. The Labute approximate surface area is 165 Å². The van der Waals surface area contributed by atoms with Crippen molar-refractivity contribution in [1.82, 2.24) is 0 Å². The molecule has 0 bridgehead atoms. The van der Waals surface area contributed by atoms with E-state index < -0.39 is 53.7 Å². The van der Waals surface area contributed by atoms with Crippen LogP contribution in [-0.2, 0) is 17.1 Å². The van der Waals surface area contributed by atoms with E-state index in [-0.39, 0.29) is 11.1 Å². The Hall–Kier alpha value is -2.47. The van der Waals surface area contributed by atoms with Crippen LogP contribution in [0.4, 0.5) is 26.3 Å². The Kier molecular flexibility index (Phi) is 6.92. The zero-order valence-corrected chi connectivity index (χ0v) is 14.9. The largest absolute Gasteiger partial charge is 0.416 e. The van der Waals surface area contributed by atoms with E-state index in [1.165, 1.54) is 0 Å². The number of carbonyl (C=O) groups is 1. The lowest BCUT2D eigenvalue weighted by Gasteiger charge is -2.26. The SMILES string of the molecule is O=C(C(c1ccc(C(F)(F)F)cc1)C(O)O)C(c1ccc(C(F)(F)F)cc1)C(O)O. The van der Waals surface area contributed by atoms with Crippen LogP contribution in [0.25, 0.3) is 0 Å². The van der Waals surface area contributed by atoms with Gasteiger partial charge in [-0.2, -0.15) is 26.3 Å². The molecule has 0 saturated carbocycles. The molecule has 0 aliphatic heterocycles. The number of halogens is 6. The molecule has 2 unspecified atom stereocenters. The first kappa shape index (κ1) is 23.8. The minimum Gasteiger partial charge on any atom is -0.367 e. The van der Waals surface area contributed by atoms with Crippen LogP contribution in [0, 0.1) is 0 Å². The smallest absolute Gasteiger partial charge is 0.367 e. The van der Waals surface area contributed by atoms with Crippen LogP contribution >= 0.6 is 0 Å². The first-order valence-corrected chi connectivity index (χ1v) is 8.33. The molecule has 30 heavy (non-hydrogen) atoms. The van der Waals surface area contributed by atoms with Crippen molar-refractivity contribution in [2.45, 2.75) is 36.8 Å². The molecule has 0 aromatic heterocycles. The van der Waals surface area contributed by atoms with Gasteiger partial charge in [0.25, 0.3) is 0 Å². The molecule has 2 rings (SSSR count). The molecule has 0 fully saturated rings. The van der Waals surface area contributed by atoms with E-state index in [2.05, 4.69) is 0 Å². The van der Waals surface area contributed by atoms with Crippen molar-refractivity contribution in [3.05, 3.63) is 70.8 Å². The Balaban J connectivity index is 2.42. The summed E-state index contributed by atoms with van der Waals surface area (Å²) in [5.41, 5.74) is -2.65. The summed E-state index contributed by atoms with van der Waals surface area (Å²) in [6.45, 7) is 0. The normalized spacial score (nSPS) is 14.8. The van der Waals surface area contributed by atoms with Crippen molar-refractivity contribution in [2.24, 2.45) is 0 Å². The van der Waals surface area contributed by atoms with E-state index in [9.17, 15) is 51.6 Å². The number of aliphatic hydroxyl groups is 4. The molecule has 0 heterocycles. The number of carbonyl (C=O) groups excluding carboxylic acids is 1. The van der Waals surface area contributed by atoms with Crippen LogP contribution in [0.15, 0.2) is 48.5 Å². The van der Waals surface area contributed by atoms with Crippen LogP contribution in [-0.4, -0.2) is 38.8 Å². The third kappa shape index (κ3) is 5.36. The summed E-state index contributed by atoms with van der Waals surface area (Å²) in [4.78, 5) is 12.8. The van der Waals surface area contributed by atoms with Gasteiger partial charge in [-0.1, -0.05) is 24.3 Å². The van der Waals surface area contributed by atoms with E-state index in [1.807, 2.05) is 0 Å². The number of hydrogen-bond donors (Lipinski definition) is 4. The minimum atomic E-state index is -4.68. The van der Waals surface area contributed by atoms with Gasteiger partial charge >= 0.3 is 12.4 Å². The molecule has 4 N–H and O–H groups in total. The van der Waals surface area contributed by atoms with Gasteiger partial charge in [0.2, 0.25) is 0 Å². The molecule has 0 saturated heterocycles. The van der Waals surface area contributed by atoms with E-state index in [1.54, 1.807) is 0 Å². The second kappa shape index (κ2) is 8.72. The number of benzene rings is 2. The van der Waals surface area contributed by atoms with Crippen LogP contribution in [0.1, 0.15) is 34.1 Å². The van der Waals surface area contributed by atoms with Gasteiger partial charge in [-0.05, 0) is 35.4 Å². The summed E-state index contributed by atoms with van der Waals surface area (Å²) in [5, 5.41) is 38.4. The van der Waals surface area contributed by atoms with Gasteiger partial charge in [0.15, 0.2) is 18.4 Å². The number of aliphatic hydroxyl groups excluding tert-OH is 2. The van der Waals surface area contributed by atoms with Crippen molar-refractivity contribution in [3.63, 3.8) is 0 Å². The molecule has 164 valence electrons. The van der Waals surface area contributed by atoms with Crippen molar-refractivity contribution in [1.29, 1.82) is 0 Å². The van der Waals surface area contributed by atoms with Crippen molar-refractivity contribution in [3.8, 4) is 0 Å².